The summed E-state index contributed by atoms with van der Waals surface area (Å²) in [6, 6.07) is 0. The van der Waals surface area contributed by atoms with Crippen LogP contribution in [0.25, 0.3) is 0 Å². The van der Waals surface area contributed by atoms with E-state index in [1.54, 1.807) is 5.31 Å². The molecule has 0 spiro atoms. The molecule has 55 valence electrons. The quantitative estimate of drug-likeness (QED) is 0.541. The Morgan fingerprint density at radius 1 is 1.60 bits per heavy atom. The summed E-state index contributed by atoms with van der Waals surface area (Å²) < 4.78 is 0. The molecule has 1 heteroatoms. The van der Waals surface area contributed by atoms with Crippen LogP contribution in [-0.4, -0.2) is 0 Å². The third kappa shape index (κ3) is 1.95. The molecular weight excluding hydrogens is 139 g/mol. The molecule has 0 saturated carbocycles. The van der Waals surface area contributed by atoms with Crippen molar-refractivity contribution in [3.8, 4) is 0 Å². The Hall–Kier alpha value is -0.0900. The Balaban J connectivity index is 2.35. The molecular formula is C9H14P. The Kier molecular flexibility index (Phi) is 3.15. The summed E-state index contributed by atoms with van der Waals surface area (Å²) in [5.41, 5.74) is 0. The van der Waals surface area contributed by atoms with E-state index < -0.39 is 0 Å². The summed E-state index contributed by atoms with van der Waals surface area (Å²) >= 11 is 0. The first kappa shape index (κ1) is 8.01. The van der Waals surface area contributed by atoms with Gasteiger partial charge in [0.05, 0.1) is 0 Å². The van der Waals surface area contributed by atoms with E-state index in [-0.39, 0.29) is 0 Å². The third-order valence-corrected chi connectivity index (χ3v) is 3.01. The van der Waals surface area contributed by atoms with Gasteiger partial charge in [-0.2, -0.15) is 0 Å². The molecule has 0 aromatic rings. The monoisotopic (exact) mass is 153 g/mol. The third-order valence-electron chi connectivity index (χ3n) is 1.80. The lowest BCUT2D eigenvalue weighted by molar-refractivity contribution is 0.626. The lowest BCUT2D eigenvalue weighted by atomic mass is 10.1. The van der Waals surface area contributed by atoms with Gasteiger partial charge < -0.3 is 0 Å². The number of allylic oxidation sites excluding steroid dienone is 3. The fourth-order valence-electron chi connectivity index (χ4n) is 1.19. The SMILES string of the molecule is CCCC(C)C1=CC=C[P]1. The van der Waals surface area contributed by atoms with Crippen molar-refractivity contribution in [1.82, 2.24) is 0 Å². The van der Waals surface area contributed by atoms with Crippen LogP contribution in [-0.2, 0) is 0 Å². The first-order chi connectivity index (χ1) is 4.84. The maximum absolute atomic E-state index is 2.31. The van der Waals surface area contributed by atoms with E-state index in [9.17, 15) is 0 Å². The highest BCUT2D eigenvalue weighted by atomic mass is 31.1. The first-order valence-corrected chi connectivity index (χ1v) is 4.88. The molecule has 1 heterocycles. The van der Waals surface area contributed by atoms with Crippen molar-refractivity contribution in [1.29, 1.82) is 0 Å². The van der Waals surface area contributed by atoms with Crippen LogP contribution in [0.5, 0.6) is 0 Å². The van der Waals surface area contributed by atoms with E-state index in [1.807, 2.05) is 0 Å². The highest BCUT2D eigenvalue weighted by molar-refractivity contribution is 7.47. The summed E-state index contributed by atoms with van der Waals surface area (Å²) in [5, 5.41) is 1.59. The average Bonchev–Trinajstić information content (AvgIpc) is 2.38. The molecule has 0 aliphatic carbocycles. The van der Waals surface area contributed by atoms with E-state index in [1.165, 1.54) is 21.4 Å². The van der Waals surface area contributed by atoms with Crippen LogP contribution >= 0.6 is 8.58 Å². The molecule has 0 aromatic carbocycles. The minimum absolute atomic E-state index is 0.793. The van der Waals surface area contributed by atoms with Crippen LogP contribution in [0.4, 0.5) is 0 Å². The van der Waals surface area contributed by atoms with Crippen molar-refractivity contribution in [3.63, 3.8) is 0 Å². The number of hydrogen-bond donors (Lipinski definition) is 0. The van der Waals surface area contributed by atoms with Gasteiger partial charge in [-0.05, 0) is 26.2 Å². The Morgan fingerprint density at radius 2 is 2.40 bits per heavy atom. The van der Waals surface area contributed by atoms with Crippen LogP contribution in [0.1, 0.15) is 26.7 Å². The summed E-state index contributed by atoms with van der Waals surface area (Å²) in [5.74, 6) is 3.00. The van der Waals surface area contributed by atoms with Gasteiger partial charge >= 0.3 is 0 Å². The number of hydrogen-bond acceptors (Lipinski definition) is 0. The molecule has 0 saturated heterocycles. The molecule has 0 aromatic heterocycles. The Labute approximate surface area is 65.2 Å². The molecule has 0 fully saturated rings. The highest BCUT2D eigenvalue weighted by Crippen LogP contribution is 2.37. The summed E-state index contributed by atoms with van der Waals surface area (Å²) in [6.07, 6.45) is 7.04. The first-order valence-electron chi connectivity index (χ1n) is 3.92. The van der Waals surface area contributed by atoms with Crippen LogP contribution in [0.2, 0.25) is 0 Å². The lowest BCUT2D eigenvalue weighted by Crippen LogP contribution is -1.92. The summed E-state index contributed by atoms with van der Waals surface area (Å²) in [4.78, 5) is 0. The predicted octanol–water partition coefficient (Wildman–Crippen LogP) is 3.78. The van der Waals surface area contributed by atoms with E-state index in [0.717, 1.165) is 5.92 Å². The predicted molar refractivity (Wildman–Crippen MR) is 48.2 cm³/mol. The molecule has 0 amide bonds. The molecule has 0 nitrogen and oxygen atoms in total. The van der Waals surface area contributed by atoms with Crippen molar-refractivity contribution >= 4 is 8.58 Å². The zero-order valence-electron chi connectivity index (χ0n) is 6.67. The molecule has 1 rings (SSSR count). The Morgan fingerprint density at radius 3 is 2.90 bits per heavy atom. The largest absolute Gasteiger partial charge is 0.0654 e. The summed E-state index contributed by atoms with van der Waals surface area (Å²) in [6.45, 7) is 4.56. The molecule has 1 unspecified atom stereocenters. The van der Waals surface area contributed by atoms with Gasteiger partial charge in [-0.25, -0.2) is 0 Å². The van der Waals surface area contributed by atoms with Crippen molar-refractivity contribution in [2.24, 2.45) is 5.92 Å². The minimum atomic E-state index is 0.793. The van der Waals surface area contributed by atoms with Crippen LogP contribution < -0.4 is 0 Å². The second-order valence-electron chi connectivity index (χ2n) is 2.75. The van der Waals surface area contributed by atoms with E-state index in [4.69, 9.17) is 0 Å². The van der Waals surface area contributed by atoms with Gasteiger partial charge in [0.15, 0.2) is 0 Å². The van der Waals surface area contributed by atoms with Crippen LogP contribution in [0.15, 0.2) is 23.3 Å². The molecule has 1 atom stereocenters. The lowest BCUT2D eigenvalue weighted by Gasteiger charge is -2.09. The van der Waals surface area contributed by atoms with Gasteiger partial charge in [-0.3, -0.25) is 0 Å². The molecule has 1 aliphatic heterocycles. The fourth-order valence-corrected chi connectivity index (χ4v) is 2.09. The van der Waals surface area contributed by atoms with Gasteiger partial charge in [0.25, 0.3) is 0 Å². The van der Waals surface area contributed by atoms with Crippen LogP contribution in [0.3, 0.4) is 0 Å². The normalized spacial score (nSPS) is 21.6. The second-order valence-corrected chi connectivity index (χ2v) is 3.82. The van der Waals surface area contributed by atoms with Gasteiger partial charge in [-0.15, -0.1) is 0 Å². The van der Waals surface area contributed by atoms with Gasteiger partial charge in [0.1, 0.15) is 0 Å². The van der Waals surface area contributed by atoms with E-state index in [0.29, 0.717) is 0 Å². The molecule has 0 bridgehead atoms. The maximum atomic E-state index is 2.31. The second kappa shape index (κ2) is 3.93. The Bertz CT molecular complexity index is 156. The van der Waals surface area contributed by atoms with Crippen molar-refractivity contribution < 1.29 is 0 Å². The zero-order valence-corrected chi connectivity index (χ0v) is 7.57. The average molecular weight is 153 g/mol. The fraction of sp³-hybridized carbons (Fsp3) is 0.556. The standard InChI is InChI=1S/C9H14P/c1-3-5-8(2)9-6-4-7-10-9/h4,6-8H,3,5H2,1-2H3. The van der Waals surface area contributed by atoms with Crippen molar-refractivity contribution in [2.45, 2.75) is 26.7 Å². The van der Waals surface area contributed by atoms with Crippen molar-refractivity contribution in [2.75, 3.05) is 0 Å². The van der Waals surface area contributed by atoms with E-state index >= 15 is 0 Å². The van der Waals surface area contributed by atoms with Crippen LogP contribution in [0, 0.1) is 5.92 Å². The van der Waals surface area contributed by atoms with Gasteiger partial charge in [0.2, 0.25) is 0 Å². The summed E-state index contributed by atoms with van der Waals surface area (Å²) in [7, 11) is 1.42. The van der Waals surface area contributed by atoms with Crippen molar-refractivity contribution in [3.05, 3.63) is 23.3 Å². The van der Waals surface area contributed by atoms with Gasteiger partial charge in [-0.1, -0.05) is 38.2 Å². The number of rotatable bonds is 3. The molecule has 0 N–H and O–H groups in total. The smallest absolute Gasteiger partial charge is 0.0180 e. The minimum Gasteiger partial charge on any atom is -0.0654 e. The molecule has 1 aliphatic rings. The molecule has 1 radical (unpaired) electrons. The topological polar surface area (TPSA) is 0 Å². The zero-order chi connectivity index (χ0) is 7.40. The van der Waals surface area contributed by atoms with Gasteiger partial charge in [0, 0.05) is 0 Å². The van der Waals surface area contributed by atoms with E-state index in [2.05, 4.69) is 31.8 Å². The highest BCUT2D eigenvalue weighted by Gasteiger charge is 2.08. The maximum Gasteiger partial charge on any atom is -0.0180 e. The molecule has 10 heavy (non-hydrogen) atoms.